The number of benzene rings is 1. The van der Waals surface area contributed by atoms with Gasteiger partial charge in [-0.05, 0) is 33.8 Å². The van der Waals surface area contributed by atoms with Crippen LogP contribution in [0.4, 0.5) is 17.6 Å². The molecule has 2 atom stereocenters. The quantitative estimate of drug-likeness (QED) is 0.661. The van der Waals surface area contributed by atoms with Crippen LogP contribution in [0.15, 0.2) is 28.7 Å². The fourth-order valence-electron chi connectivity index (χ4n) is 1.54. The fourth-order valence-corrected chi connectivity index (χ4v) is 2.17. The van der Waals surface area contributed by atoms with E-state index < -0.39 is 45.5 Å². The second-order valence-corrected chi connectivity index (χ2v) is 8.23. The number of aliphatic hydroxyl groups is 1. The first kappa shape index (κ1) is 19.8. The van der Waals surface area contributed by atoms with Crippen LogP contribution in [0.2, 0.25) is 0 Å². The van der Waals surface area contributed by atoms with Gasteiger partial charge in [0.25, 0.3) is 0 Å². The molecule has 1 aromatic carbocycles. The zero-order chi connectivity index (χ0) is 18.1. The third-order valence-electron chi connectivity index (χ3n) is 3.02. The Morgan fingerprint density at radius 2 is 1.70 bits per heavy atom. The molecule has 0 aliphatic rings. The summed E-state index contributed by atoms with van der Waals surface area (Å²) in [4.78, 5) is 0. The molecule has 0 saturated carbocycles. The molecule has 3 nitrogen and oxygen atoms in total. The van der Waals surface area contributed by atoms with Crippen molar-refractivity contribution >= 4 is 16.7 Å². The number of hydrogen-bond donors (Lipinski definition) is 1. The van der Waals surface area contributed by atoms with Gasteiger partial charge in [-0.15, -0.1) is 0 Å². The summed E-state index contributed by atoms with van der Waals surface area (Å²) in [6.45, 7) is 5.35. The van der Waals surface area contributed by atoms with Crippen molar-refractivity contribution in [2.24, 2.45) is 4.40 Å². The molecule has 0 unspecified atom stereocenters. The molecule has 8 heteroatoms. The van der Waals surface area contributed by atoms with E-state index in [1.54, 1.807) is 20.8 Å². The molecule has 0 aromatic heterocycles. The number of nitrogens with zero attached hydrogens (tertiary/aromatic N) is 1. The summed E-state index contributed by atoms with van der Waals surface area (Å²) in [5.41, 5.74) is -3.72. The van der Waals surface area contributed by atoms with Gasteiger partial charge in [0.05, 0.1) is 10.5 Å². The van der Waals surface area contributed by atoms with E-state index in [0.717, 1.165) is 6.07 Å². The maximum atomic E-state index is 13.9. The Morgan fingerprint density at radius 3 is 2.13 bits per heavy atom. The Hall–Kier alpha value is -1.28. The van der Waals surface area contributed by atoms with Crippen molar-refractivity contribution < 1.29 is 26.9 Å². The molecular formula is C15H19F4NO2S. The molecule has 0 bridgehead atoms. The van der Waals surface area contributed by atoms with Crippen molar-refractivity contribution in [1.82, 2.24) is 0 Å². The van der Waals surface area contributed by atoms with Gasteiger partial charge in [0.2, 0.25) is 0 Å². The van der Waals surface area contributed by atoms with Gasteiger partial charge in [-0.2, -0.15) is 17.6 Å². The highest BCUT2D eigenvalue weighted by Gasteiger charge is 2.50. The molecule has 0 fully saturated rings. The molecule has 0 aliphatic heterocycles. The molecule has 0 heterocycles. The first-order chi connectivity index (χ1) is 10.3. The van der Waals surface area contributed by atoms with Gasteiger partial charge < -0.3 is 5.11 Å². The number of hydrogen-bond acceptors (Lipinski definition) is 2. The van der Waals surface area contributed by atoms with E-state index in [1.165, 1.54) is 18.2 Å². The first-order valence-corrected chi connectivity index (χ1v) is 7.90. The molecule has 1 N–H and O–H groups in total. The minimum Gasteiger partial charge on any atom is -0.380 e. The SMILES string of the molecule is CC(C)(C)[S@@](=O)N=C(C[C@](C)(O)C(F)(F)F)c1ccccc1F. The zero-order valence-electron chi connectivity index (χ0n) is 13.2. The normalized spacial score (nSPS) is 17.7. The van der Waals surface area contributed by atoms with Crippen molar-refractivity contribution in [2.45, 2.75) is 50.6 Å². The summed E-state index contributed by atoms with van der Waals surface area (Å²) in [6.07, 6.45) is -5.93. The van der Waals surface area contributed by atoms with Gasteiger partial charge in [0, 0.05) is 12.0 Å². The summed E-state index contributed by atoms with van der Waals surface area (Å²) < 4.78 is 67.7. The van der Waals surface area contributed by atoms with Crippen molar-refractivity contribution in [3.8, 4) is 0 Å². The summed E-state index contributed by atoms with van der Waals surface area (Å²) >= 11 is 0. The van der Waals surface area contributed by atoms with Gasteiger partial charge in [-0.1, -0.05) is 18.2 Å². The van der Waals surface area contributed by atoms with Crippen LogP contribution in [0.3, 0.4) is 0 Å². The smallest absolute Gasteiger partial charge is 0.380 e. The maximum Gasteiger partial charge on any atom is 0.417 e. The van der Waals surface area contributed by atoms with E-state index in [0.29, 0.717) is 6.92 Å². The Bertz CT molecular complexity index is 619. The van der Waals surface area contributed by atoms with Crippen molar-refractivity contribution in [3.63, 3.8) is 0 Å². The molecule has 130 valence electrons. The maximum absolute atomic E-state index is 13.9. The van der Waals surface area contributed by atoms with Crippen molar-refractivity contribution in [1.29, 1.82) is 0 Å². The van der Waals surface area contributed by atoms with E-state index in [1.807, 2.05) is 0 Å². The third-order valence-corrected chi connectivity index (χ3v) is 4.46. The predicted octanol–water partition coefficient (Wildman–Crippen LogP) is 3.78. The predicted molar refractivity (Wildman–Crippen MR) is 82.1 cm³/mol. The minimum absolute atomic E-state index is 0.213. The second-order valence-electron chi connectivity index (χ2n) is 6.33. The highest BCUT2D eigenvalue weighted by atomic mass is 32.2. The molecule has 1 aromatic rings. The number of alkyl halides is 3. The van der Waals surface area contributed by atoms with E-state index in [2.05, 4.69) is 4.40 Å². The monoisotopic (exact) mass is 353 g/mol. The van der Waals surface area contributed by atoms with Gasteiger partial charge in [-0.3, -0.25) is 0 Å². The van der Waals surface area contributed by atoms with Gasteiger partial charge >= 0.3 is 6.18 Å². The highest BCUT2D eigenvalue weighted by molar-refractivity contribution is 7.85. The molecular weight excluding hydrogens is 334 g/mol. The zero-order valence-corrected chi connectivity index (χ0v) is 14.1. The van der Waals surface area contributed by atoms with Crippen LogP contribution in [0.1, 0.15) is 39.7 Å². The molecule has 0 spiro atoms. The van der Waals surface area contributed by atoms with Crippen molar-refractivity contribution in [2.75, 3.05) is 0 Å². The molecule has 0 amide bonds. The number of rotatable bonds is 4. The molecule has 23 heavy (non-hydrogen) atoms. The lowest BCUT2D eigenvalue weighted by Gasteiger charge is -2.27. The van der Waals surface area contributed by atoms with Crippen LogP contribution in [0.5, 0.6) is 0 Å². The number of halogens is 4. The summed E-state index contributed by atoms with van der Waals surface area (Å²) in [5, 5.41) is 9.66. The Balaban J connectivity index is 3.38. The average Bonchev–Trinajstić information content (AvgIpc) is 2.35. The third kappa shape index (κ3) is 5.10. The van der Waals surface area contributed by atoms with E-state index in [9.17, 15) is 26.9 Å². The van der Waals surface area contributed by atoms with Crippen LogP contribution in [-0.4, -0.2) is 31.6 Å². The average molecular weight is 353 g/mol. The lowest BCUT2D eigenvalue weighted by Crippen LogP contribution is -2.44. The Labute approximate surface area is 135 Å². The van der Waals surface area contributed by atoms with Crippen molar-refractivity contribution in [3.05, 3.63) is 35.6 Å². The molecule has 0 saturated heterocycles. The van der Waals surface area contributed by atoms with Gasteiger partial charge in [0.1, 0.15) is 16.8 Å². The van der Waals surface area contributed by atoms with Crippen LogP contribution < -0.4 is 0 Å². The van der Waals surface area contributed by atoms with Gasteiger partial charge in [-0.25, -0.2) is 8.60 Å². The lowest BCUT2D eigenvalue weighted by atomic mass is 9.94. The molecule has 0 radical (unpaired) electrons. The first-order valence-electron chi connectivity index (χ1n) is 6.79. The van der Waals surface area contributed by atoms with Crippen LogP contribution in [0, 0.1) is 5.82 Å². The standard InChI is InChI=1S/C15H19F4NO2S/c1-13(2,3)23(22)20-12(9-14(4,21)15(17,18)19)10-7-5-6-8-11(10)16/h5-8,21H,9H2,1-4H3/t14-,23+/m0/s1. The largest absolute Gasteiger partial charge is 0.417 e. The van der Waals surface area contributed by atoms with Gasteiger partial charge in [0.15, 0.2) is 5.60 Å². The fraction of sp³-hybridized carbons (Fsp3) is 0.533. The second kappa shape index (κ2) is 6.68. The lowest BCUT2D eigenvalue weighted by molar-refractivity contribution is -0.249. The molecule has 1 rings (SSSR count). The van der Waals surface area contributed by atoms with Crippen LogP contribution in [0.25, 0.3) is 0 Å². The summed E-state index contributed by atoms with van der Waals surface area (Å²) in [7, 11) is -1.89. The molecule has 0 aliphatic carbocycles. The Morgan fingerprint density at radius 1 is 1.17 bits per heavy atom. The topological polar surface area (TPSA) is 49.7 Å². The van der Waals surface area contributed by atoms with E-state index in [-0.39, 0.29) is 5.56 Å². The van der Waals surface area contributed by atoms with E-state index in [4.69, 9.17) is 0 Å². The van der Waals surface area contributed by atoms with E-state index >= 15 is 0 Å². The van der Waals surface area contributed by atoms with Crippen LogP contribution >= 0.6 is 0 Å². The Kier molecular flexibility index (Phi) is 5.74. The summed E-state index contributed by atoms with van der Waals surface area (Å²) in [5.74, 6) is -0.796. The highest BCUT2D eigenvalue weighted by Crippen LogP contribution is 2.34. The van der Waals surface area contributed by atoms with Crippen LogP contribution in [-0.2, 0) is 11.0 Å². The summed E-state index contributed by atoms with van der Waals surface area (Å²) in [6, 6.07) is 5.10. The minimum atomic E-state index is -4.93.